The Labute approximate surface area is 90.9 Å². The molecule has 0 radical (unpaired) electrons. The van der Waals surface area contributed by atoms with Crippen LogP contribution in [0, 0.1) is 0 Å². The molecule has 1 aliphatic rings. The lowest BCUT2D eigenvalue weighted by molar-refractivity contribution is -0.0829. The molecule has 4 N–H and O–H groups in total. The first-order valence-corrected chi connectivity index (χ1v) is 4.86. The van der Waals surface area contributed by atoms with Crippen LogP contribution < -0.4 is 0 Å². The van der Waals surface area contributed by atoms with Crippen LogP contribution in [-0.2, 0) is 4.74 Å². The molecule has 0 bridgehead atoms. The molecule has 0 aliphatic carbocycles. The molecule has 1 saturated heterocycles. The lowest BCUT2D eigenvalue weighted by atomic mass is 10.0. The van der Waals surface area contributed by atoms with Crippen LogP contribution in [0.5, 0.6) is 0 Å². The summed E-state index contributed by atoms with van der Waals surface area (Å²) >= 11 is 0. The van der Waals surface area contributed by atoms with Crippen LogP contribution in [0.3, 0.4) is 0 Å². The van der Waals surface area contributed by atoms with Gasteiger partial charge in [0.2, 0.25) is 0 Å². The maximum atomic E-state index is 9.69. The van der Waals surface area contributed by atoms with Gasteiger partial charge in [0.1, 0.15) is 42.5 Å². The third kappa shape index (κ3) is 1.83. The summed E-state index contributed by atoms with van der Waals surface area (Å²) in [6.45, 7) is -0.556. The molecule has 0 amide bonds. The largest absolute Gasteiger partial charge is 0.394 e. The molecule has 7 nitrogen and oxygen atoms in total. The van der Waals surface area contributed by atoms with E-state index in [9.17, 15) is 15.3 Å². The van der Waals surface area contributed by atoms with Gasteiger partial charge in [0, 0.05) is 6.07 Å². The fraction of sp³-hybridized carbons (Fsp3) is 0.667. The summed E-state index contributed by atoms with van der Waals surface area (Å²) in [5, 5.41) is 41.0. The highest BCUT2D eigenvalue weighted by molar-refractivity contribution is 5.08. The number of ether oxygens (including phenoxy) is 1. The summed E-state index contributed by atoms with van der Waals surface area (Å²) in [4.78, 5) is 0. The summed E-state index contributed by atoms with van der Waals surface area (Å²) in [6.07, 6.45) is -4.32. The summed E-state index contributed by atoms with van der Waals surface area (Å²) < 4.78 is 9.85. The molecule has 1 aliphatic heterocycles. The van der Waals surface area contributed by atoms with Crippen LogP contribution >= 0.6 is 0 Å². The van der Waals surface area contributed by atoms with Gasteiger partial charge in [0.05, 0.1) is 6.61 Å². The van der Waals surface area contributed by atoms with Gasteiger partial charge >= 0.3 is 0 Å². The van der Waals surface area contributed by atoms with Crippen LogP contribution in [0.25, 0.3) is 0 Å². The topological polar surface area (TPSA) is 116 Å². The molecule has 0 spiro atoms. The zero-order valence-electron chi connectivity index (χ0n) is 8.30. The molecule has 5 atom stereocenters. The molecule has 1 fully saturated rings. The third-order valence-electron chi connectivity index (χ3n) is 2.62. The predicted octanol–water partition coefficient (Wildman–Crippen LogP) is -1.81. The Morgan fingerprint density at radius 2 is 2.12 bits per heavy atom. The van der Waals surface area contributed by atoms with Gasteiger partial charge in [-0.1, -0.05) is 5.16 Å². The highest BCUT2D eigenvalue weighted by Crippen LogP contribution is 2.33. The molecule has 0 aromatic carbocycles. The second-order valence-electron chi connectivity index (χ2n) is 3.68. The van der Waals surface area contributed by atoms with E-state index in [1.807, 2.05) is 0 Å². The van der Waals surface area contributed by atoms with Crippen molar-refractivity contribution in [1.29, 1.82) is 0 Å². The fourth-order valence-electron chi connectivity index (χ4n) is 1.74. The van der Waals surface area contributed by atoms with Crippen molar-refractivity contribution in [2.24, 2.45) is 0 Å². The molecule has 1 aromatic rings. The molecule has 16 heavy (non-hydrogen) atoms. The first-order valence-electron chi connectivity index (χ1n) is 4.86. The maximum absolute atomic E-state index is 9.69. The van der Waals surface area contributed by atoms with Crippen molar-refractivity contribution in [3.05, 3.63) is 18.0 Å². The molecule has 7 heteroatoms. The number of aromatic nitrogens is 1. The maximum Gasteiger partial charge on any atom is 0.132 e. The third-order valence-corrected chi connectivity index (χ3v) is 2.62. The van der Waals surface area contributed by atoms with Gasteiger partial charge < -0.3 is 29.7 Å². The van der Waals surface area contributed by atoms with Crippen molar-refractivity contribution in [1.82, 2.24) is 5.16 Å². The van der Waals surface area contributed by atoms with E-state index in [1.54, 1.807) is 0 Å². The van der Waals surface area contributed by atoms with Crippen molar-refractivity contribution < 1.29 is 29.7 Å². The smallest absolute Gasteiger partial charge is 0.132 e. The monoisotopic (exact) mass is 231 g/mol. The second-order valence-corrected chi connectivity index (χ2v) is 3.68. The molecular weight excluding hydrogens is 218 g/mol. The van der Waals surface area contributed by atoms with E-state index < -0.39 is 37.1 Å². The van der Waals surface area contributed by atoms with Gasteiger partial charge in [0.25, 0.3) is 0 Å². The van der Waals surface area contributed by atoms with Crippen molar-refractivity contribution >= 4 is 0 Å². The zero-order valence-corrected chi connectivity index (χ0v) is 8.30. The van der Waals surface area contributed by atoms with E-state index in [0.717, 1.165) is 0 Å². The molecule has 2 heterocycles. The van der Waals surface area contributed by atoms with Crippen LogP contribution in [-0.4, -0.2) is 56.6 Å². The summed E-state index contributed by atoms with van der Waals surface area (Å²) in [5.41, 5.74) is 0.333. The number of hydrogen-bond acceptors (Lipinski definition) is 7. The number of aliphatic hydroxyl groups excluding tert-OH is 4. The Morgan fingerprint density at radius 3 is 2.69 bits per heavy atom. The van der Waals surface area contributed by atoms with Crippen LogP contribution in [0.15, 0.2) is 16.9 Å². The first kappa shape index (κ1) is 11.5. The van der Waals surface area contributed by atoms with Gasteiger partial charge in [-0.05, 0) is 0 Å². The first-order chi connectivity index (χ1) is 7.65. The number of hydrogen-bond donors (Lipinski definition) is 4. The molecular formula is C9H13NO6. The Morgan fingerprint density at radius 1 is 1.38 bits per heavy atom. The normalized spacial score (nSPS) is 36.5. The van der Waals surface area contributed by atoms with E-state index in [1.165, 1.54) is 12.3 Å². The van der Waals surface area contributed by atoms with E-state index in [-0.39, 0.29) is 0 Å². The standard InChI is InChI=1S/C9H13NO6/c11-3-5(12)9-7(14)6(13)8(16-9)4-1-2-15-10-4/h1-2,5-9,11-14H,3H2/t5-,6-,7-,8-,9-/m1/s1. The van der Waals surface area contributed by atoms with E-state index in [0.29, 0.717) is 5.69 Å². The van der Waals surface area contributed by atoms with E-state index in [2.05, 4.69) is 9.68 Å². The van der Waals surface area contributed by atoms with Gasteiger partial charge in [-0.3, -0.25) is 0 Å². The summed E-state index contributed by atoms with van der Waals surface area (Å²) in [5.74, 6) is 0. The Kier molecular flexibility index (Phi) is 3.22. The fourth-order valence-corrected chi connectivity index (χ4v) is 1.74. The minimum absolute atomic E-state index is 0.333. The highest BCUT2D eigenvalue weighted by Gasteiger charge is 2.47. The Hall–Kier alpha value is -0.990. The Balaban J connectivity index is 2.14. The van der Waals surface area contributed by atoms with Crippen molar-refractivity contribution in [2.75, 3.05) is 6.61 Å². The number of rotatable bonds is 3. The second kappa shape index (κ2) is 4.48. The number of nitrogens with zero attached hydrogens (tertiary/aromatic N) is 1. The highest BCUT2D eigenvalue weighted by atomic mass is 16.6. The molecule has 90 valence electrons. The van der Waals surface area contributed by atoms with Crippen LogP contribution in [0.4, 0.5) is 0 Å². The SMILES string of the molecule is OC[C@@H](O)[C@H]1O[C@H](c2ccon2)[C@H](O)[C@H]1O. The van der Waals surface area contributed by atoms with E-state index >= 15 is 0 Å². The van der Waals surface area contributed by atoms with Gasteiger partial charge in [-0.25, -0.2) is 0 Å². The quantitative estimate of drug-likeness (QED) is 0.484. The average Bonchev–Trinajstić information content (AvgIpc) is 2.89. The van der Waals surface area contributed by atoms with Gasteiger partial charge in [-0.2, -0.15) is 0 Å². The van der Waals surface area contributed by atoms with E-state index in [4.69, 9.17) is 9.84 Å². The summed E-state index contributed by atoms with van der Waals surface area (Å²) in [7, 11) is 0. The Bertz CT molecular complexity index is 329. The lowest BCUT2D eigenvalue weighted by Gasteiger charge is -2.18. The molecule has 0 unspecified atom stereocenters. The minimum Gasteiger partial charge on any atom is -0.394 e. The molecule has 1 aromatic heterocycles. The van der Waals surface area contributed by atoms with Crippen LogP contribution in [0.1, 0.15) is 11.8 Å². The van der Waals surface area contributed by atoms with Crippen molar-refractivity contribution in [3.8, 4) is 0 Å². The zero-order chi connectivity index (χ0) is 11.7. The van der Waals surface area contributed by atoms with Crippen molar-refractivity contribution in [2.45, 2.75) is 30.5 Å². The number of aliphatic hydroxyl groups is 4. The molecule has 2 rings (SSSR count). The predicted molar refractivity (Wildman–Crippen MR) is 49.2 cm³/mol. The average molecular weight is 231 g/mol. The summed E-state index contributed by atoms with van der Waals surface area (Å²) in [6, 6.07) is 1.49. The lowest BCUT2D eigenvalue weighted by Crippen LogP contribution is -2.40. The van der Waals surface area contributed by atoms with Gasteiger partial charge in [-0.15, -0.1) is 0 Å². The van der Waals surface area contributed by atoms with Gasteiger partial charge in [0.15, 0.2) is 0 Å². The van der Waals surface area contributed by atoms with Crippen LogP contribution in [0.2, 0.25) is 0 Å². The van der Waals surface area contributed by atoms with Crippen molar-refractivity contribution in [3.63, 3.8) is 0 Å². The minimum atomic E-state index is -1.27. The molecule has 0 saturated carbocycles.